The number of carbonyl (C=O) groups excluding carboxylic acids is 1. The van der Waals surface area contributed by atoms with Gasteiger partial charge in [-0.15, -0.1) is 0 Å². The summed E-state index contributed by atoms with van der Waals surface area (Å²) < 4.78 is 5.62. The van der Waals surface area contributed by atoms with Gasteiger partial charge in [0.1, 0.15) is 11.6 Å². The SMILES string of the molecule is CCN(Cc1ccc(-c2cnc(N)c(NCc3c(Cl)cccc3Cl)n2)cc1)C1CCN[C@@H](C(=O)OC(C)(C)C)C1. The molecule has 2 atom stereocenters. The minimum atomic E-state index is -0.493. The van der Waals surface area contributed by atoms with Crippen molar-refractivity contribution in [3.05, 3.63) is 69.8 Å². The molecule has 40 heavy (non-hydrogen) atoms. The number of esters is 1. The number of aromatic nitrogens is 2. The molecule has 0 spiro atoms. The Balaban J connectivity index is 1.41. The lowest BCUT2D eigenvalue weighted by Gasteiger charge is -2.37. The van der Waals surface area contributed by atoms with Crippen molar-refractivity contribution >= 4 is 40.8 Å². The van der Waals surface area contributed by atoms with Crippen molar-refractivity contribution < 1.29 is 9.53 Å². The van der Waals surface area contributed by atoms with Gasteiger partial charge in [-0.05, 0) is 64.4 Å². The van der Waals surface area contributed by atoms with E-state index in [0.717, 1.165) is 43.6 Å². The molecule has 1 unspecified atom stereocenters. The molecule has 4 rings (SSSR count). The van der Waals surface area contributed by atoms with E-state index in [-0.39, 0.29) is 12.0 Å². The highest BCUT2D eigenvalue weighted by atomic mass is 35.5. The van der Waals surface area contributed by atoms with Gasteiger partial charge in [-0.1, -0.05) is 60.5 Å². The van der Waals surface area contributed by atoms with Gasteiger partial charge in [0.15, 0.2) is 11.6 Å². The van der Waals surface area contributed by atoms with Crippen LogP contribution >= 0.6 is 23.2 Å². The summed E-state index contributed by atoms with van der Waals surface area (Å²) in [5.41, 5.74) is 9.20. The molecule has 2 aromatic carbocycles. The van der Waals surface area contributed by atoms with Crippen LogP contribution in [0.5, 0.6) is 0 Å². The maximum atomic E-state index is 12.7. The average molecular weight is 586 g/mol. The van der Waals surface area contributed by atoms with Crippen LogP contribution in [0.2, 0.25) is 10.0 Å². The van der Waals surface area contributed by atoms with E-state index >= 15 is 0 Å². The first-order valence-corrected chi connectivity index (χ1v) is 14.4. The largest absolute Gasteiger partial charge is 0.459 e. The number of nitrogens with two attached hydrogens (primary N) is 1. The van der Waals surface area contributed by atoms with E-state index in [9.17, 15) is 4.79 Å². The first kappa shape index (κ1) is 30.1. The Kier molecular flexibility index (Phi) is 9.90. The van der Waals surface area contributed by atoms with Crippen LogP contribution in [0.15, 0.2) is 48.7 Å². The third-order valence-corrected chi connectivity index (χ3v) is 7.63. The Bertz CT molecular complexity index is 1290. The standard InChI is InChI=1S/C30H38Cl2N6O2/c1-5-38(21-13-14-34-25(15-21)29(39)40-30(2,3)4)18-19-9-11-20(12-10-19)26-17-35-27(33)28(37-26)36-16-22-23(31)7-6-8-24(22)32/h6-12,17,21,25,34H,5,13-16,18H2,1-4H3,(H2,33,35)(H,36,37)/t21?,25-/m1/s1. The Morgan fingerprint density at radius 2 is 1.88 bits per heavy atom. The number of benzene rings is 2. The molecule has 0 saturated carbocycles. The molecule has 2 heterocycles. The zero-order chi connectivity index (χ0) is 28.9. The molecule has 214 valence electrons. The zero-order valence-electron chi connectivity index (χ0n) is 23.5. The van der Waals surface area contributed by atoms with Crippen LogP contribution in [0.1, 0.15) is 51.7 Å². The van der Waals surface area contributed by atoms with Crippen LogP contribution in [0.4, 0.5) is 11.6 Å². The van der Waals surface area contributed by atoms with Crippen LogP contribution in [0, 0.1) is 0 Å². The lowest BCUT2D eigenvalue weighted by Crippen LogP contribution is -2.52. The number of nitrogens with zero attached hydrogens (tertiary/aromatic N) is 3. The molecule has 1 aliphatic heterocycles. The number of carbonyl (C=O) groups is 1. The maximum absolute atomic E-state index is 12.7. The second-order valence-electron chi connectivity index (χ2n) is 11.0. The molecule has 10 heteroatoms. The second-order valence-corrected chi connectivity index (χ2v) is 11.8. The first-order chi connectivity index (χ1) is 19.0. The number of hydrogen-bond donors (Lipinski definition) is 3. The lowest BCUT2D eigenvalue weighted by molar-refractivity contribution is -0.158. The Labute approximate surface area is 246 Å². The van der Waals surface area contributed by atoms with Crippen molar-refractivity contribution in [2.75, 3.05) is 24.1 Å². The topological polar surface area (TPSA) is 105 Å². The third kappa shape index (κ3) is 7.85. The molecule has 0 bridgehead atoms. The molecular formula is C30H38Cl2N6O2. The van der Waals surface area contributed by atoms with Crippen LogP contribution in [0.3, 0.4) is 0 Å². The zero-order valence-corrected chi connectivity index (χ0v) is 25.0. The van der Waals surface area contributed by atoms with Crippen LogP contribution in [-0.2, 0) is 22.6 Å². The number of nitrogen functional groups attached to an aromatic ring is 1. The van der Waals surface area contributed by atoms with Gasteiger partial charge in [-0.2, -0.15) is 0 Å². The minimum Gasteiger partial charge on any atom is -0.459 e. The summed E-state index contributed by atoms with van der Waals surface area (Å²) in [5, 5.41) is 7.69. The maximum Gasteiger partial charge on any atom is 0.323 e. The molecule has 1 fully saturated rings. The number of halogens is 2. The highest BCUT2D eigenvalue weighted by Crippen LogP contribution is 2.27. The van der Waals surface area contributed by atoms with Crippen molar-refractivity contribution in [1.29, 1.82) is 0 Å². The van der Waals surface area contributed by atoms with Crippen LogP contribution in [0.25, 0.3) is 11.3 Å². The van der Waals surface area contributed by atoms with E-state index in [2.05, 4.69) is 39.6 Å². The molecular weight excluding hydrogens is 547 g/mol. The Morgan fingerprint density at radius 3 is 2.52 bits per heavy atom. The van der Waals surface area contributed by atoms with E-state index in [1.807, 2.05) is 32.9 Å². The number of hydrogen-bond acceptors (Lipinski definition) is 8. The monoisotopic (exact) mass is 584 g/mol. The highest BCUT2D eigenvalue weighted by Gasteiger charge is 2.32. The van der Waals surface area contributed by atoms with Gasteiger partial charge in [-0.3, -0.25) is 9.69 Å². The van der Waals surface area contributed by atoms with E-state index in [1.54, 1.807) is 24.4 Å². The summed E-state index contributed by atoms with van der Waals surface area (Å²) >= 11 is 12.6. The summed E-state index contributed by atoms with van der Waals surface area (Å²) in [5.74, 6) is 0.597. The molecule has 0 amide bonds. The van der Waals surface area contributed by atoms with Crippen molar-refractivity contribution in [1.82, 2.24) is 20.2 Å². The molecule has 0 radical (unpaired) electrons. The smallest absolute Gasteiger partial charge is 0.323 e. The summed E-state index contributed by atoms with van der Waals surface area (Å²) in [4.78, 5) is 24.1. The van der Waals surface area contributed by atoms with Crippen molar-refractivity contribution in [2.24, 2.45) is 0 Å². The summed E-state index contributed by atoms with van der Waals surface area (Å²) in [6.45, 7) is 10.7. The van der Waals surface area contributed by atoms with Crippen molar-refractivity contribution in [3.63, 3.8) is 0 Å². The van der Waals surface area contributed by atoms with Gasteiger partial charge in [0.2, 0.25) is 0 Å². The molecule has 8 nitrogen and oxygen atoms in total. The van der Waals surface area contributed by atoms with E-state index in [4.69, 9.17) is 38.7 Å². The summed E-state index contributed by atoms with van der Waals surface area (Å²) in [6.07, 6.45) is 3.39. The van der Waals surface area contributed by atoms with Gasteiger partial charge in [0, 0.05) is 40.3 Å². The van der Waals surface area contributed by atoms with Gasteiger partial charge >= 0.3 is 5.97 Å². The fraction of sp³-hybridized carbons (Fsp3) is 0.433. The molecule has 1 aliphatic rings. The number of nitrogens with one attached hydrogen (secondary N) is 2. The number of rotatable bonds is 9. The van der Waals surface area contributed by atoms with E-state index in [1.165, 1.54) is 5.56 Å². The van der Waals surface area contributed by atoms with Crippen LogP contribution < -0.4 is 16.4 Å². The Morgan fingerprint density at radius 1 is 1.18 bits per heavy atom. The average Bonchev–Trinajstić information content (AvgIpc) is 2.92. The third-order valence-electron chi connectivity index (χ3n) is 6.92. The molecule has 4 N–H and O–H groups in total. The van der Waals surface area contributed by atoms with E-state index in [0.29, 0.717) is 40.0 Å². The molecule has 1 aromatic heterocycles. The van der Waals surface area contributed by atoms with Gasteiger partial charge in [-0.25, -0.2) is 9.97 Å². The van der Waals surface area contributed by atoms with Gasteiger partial charge in [0.25, 0.3) is 0 Å². The predicted molar refractivity (Wildman–Crippen MR) is 162 cm³/mol. The molecule has 0 aliphatic carbocycles. The molecule has 3 aromatic rings. The summed E-state index contributed by atoms with van der Waals surface area (Å²) in [7, 11) is 0. The quantitative estimate of drug-likeness (QED) is 0.266. The minimum absolute atomic E-state index is 0.175. The first-order valence-electron chi connectivity index (χ1n) is 13.6. The van der Waals surface area contributed by atoms with Crippen molar-refractivity contribution in [3.8, 4) is 11.3 Å². The fourth-order valence-electron chi connectivity index (χ4n) is 4.84. The fourth-order valence-corrected chi connectivity index (χ4v) is 5.37. The number of anilines is 2. The second kappa shape index (κ2) is 13.2. The predicted octanol–water partition coefficient (Wildman–Crippen LogP) is 5.93. The van der Waals surface area contributed by atoms with Gasteiger partial charge < -0.3 is 21.1 Å². The Hall–Kier alpha value is -2.91. The normalized spacial score (nSPS) is 17.6. The summed E-state index contributed by atoms with van der Waals surface area (Å²) in [6, 6.07) is 13.7. The lowest BCUT2D eigenvalue weighted by atomic mass is 9.97. The number of ether oxygens (including phenoxy) is 1. The van der Waals surface area contributed by atoms with E-state index < -0.39 is 5.60 Å². The van der Waals surface area contributed by atoms with Gasteiger partial charge in [0.05, 0.1) is 11.9 Å². The van der Waals surface area contributed by atoms with Crippen molar-refractivity contribution in [2.45, 2.75) is 71.3 Å². The van der Waals surface area contributed by atoms with Crippen LogP contribution in [-0.4, -0.2) is 51.6 Å². The molecule has 1 saturated heterocycles. The highest BCUT2D eigenvalue weighted by molar-refractivity contribution is 6.36. The number of piperidine rings is 1.